The third-order valence-electron chi connectivity index (χ3n) is 2.97. The van der Waals surface area contributed by atoms with Crippen molar-refractivity contribution in [2.45, 2.75) is 0 Å². The quantitative estimate of drug-likeness (QED) is 0.629. The van der Waals surface area contributed by atoms with E-state index in [1.807, 2.05) is 34.2 Å². The second-order valence-corrected chi connectivity index (χ2v) is 5.20. The fraction of sp³-hybridized carbons (Fsp3) is 0. The van der Waals surface area contributed by atoms with Crippen molar-refractivity contribution in [1.82, 2.24) is 24.3 Å². The molecule has 4 heterocycles. The number of aromatic nitrogens is 5. The van der Waals surface area contributed by atoms with E-state index in [-0.39, 0.29) is 0 Å². The van der Waals surface area contributed by atoms with Crippen LogP contribution >= 0.6 is 11.3 Å². The summed E-state index contributed by atoms with van der Waals surface area (Å²) in [6.07, 6.45) is 8.94. The molecule has 4 rings (SSSR count). The molecule has 0 saturated carbocycles. The number of nitrogens with one attached hydrogen (secondary N) is 1. The van der Waals surface area contributed by atoms with Crippen LogP contribution in [0.5, 0.6) is 0 Å². The van der Waals surface area contributed by atoms with Crippen LogP contribution in [0.15, 0.2) is 54.6 Å². The lowest BCUT2D eigenvalue weighted by atomic mass is 10.4. The zero-order valence-corrected chi connectivity index (χ0v) is 11.7. The minimum atomic E-state index is 0.669. The number of nitrogens with zero attached hydrogens (tertiary/aromatic N) is 5. The highest BCUT2D eigenvalue weighted by Crippen LogP contribution is 2.27. The fourth-order valence-electron chi connectivity index (χ4n) is 2.03. The van der Waals surface area contributed by atoms with Crippen LogP contribution in [-0.4, -0.2) is 24.3 Å². The van der Waals surface area contributed by atoms with Gasteiger partial charge in [-0.05, 0) is 18.2 Å². The summed E-state index contributed by atoms with van der Waals surface area (Å²) in [5.41, 5.74) is 2.71. The van der Waals surface area contributed by atoms with E-state index in [0.29, 0.717) is 5.78 Å². The Kier molecular flexibility index (Phi) is 2.82. The molecule has 0 aliphatic rings. The smallest absolute Gasteiger partial charge is 0.234 e. The number of thiazole rings is 1. The van der Waals surface area contributed by atoms with Gasteiger partial charge in [0.25, 0.3) is 0 Å². The molecule has 0 saturated heterocycles. The van der Waals surface area contributed by atoms with E-state index < -0.39 is 0 Å². The zero-order chi connectivity index (χ0) is 14.1. The third kappa shape index (κ3) is 2.23. The largest absolute Gasteiger partial charge is 0.330 e. The van der Waals surface area contributed by atoms with Crippen LogP contribution < -0.4 is 5.32 Å². The molecule has 21 heavy (non-hydrogen) atoms. The Hall–Kier alpha value is -2.80. The van der Waals surface area contributed by atoms with Gasteiger partial charge in [-0.25, -0.2) is 15.0 Å². The van der Waals surface area contributed by atoms with Gasteiger partial charge in [0.1, 0.15) is 5.69 Å². The molecule has 0 radical (unpaired) electrons. The molecule has 7 heteroatoms. The summed E-state index contributed by atoms with van der Waals surface area (Å²) in [6, 6.07) is 5.71. The monoisotopic (exact) mass is 294 g/mol. The molecule has 0 unspecified atom stereocenters. The number of fused-ring (bicyclic) bond motifs is 1. The average molecular weight is 294 g/mol. The zero-order valence-electron chi connectivity index (χ0n) is 10.8. The first kappa shape index (κ1) is 12.0. The molecule has 0 fully saturated rings. The van der Waals surface area contributed by atoms with E-state index in [0.717, 1.165) is 22.2 Å². The first-order chi connectivity index (χ1) is 10.4. The van der Waals surface area contributed by atoms with Crippen molar-refractivity contribution in [3.63, 3.8) is 0 Å². The van der Waals surface area contributed by atoms with Gasteiger partial charge in [0, 0.05) is 24.0 Å². The summed E-state index contributed by atoms with van der Waals surface area (Å²) in [7, 11) is 0. The first-order valence-corrected chi connectivity index (χ1v) is 7.19. The molecule has 102 valence electrons. The van der Waals surface area contributed by atoms with Crippen LogP contribution in [0.4, 0.5) is 10.8 Å². The number of pyridine rings is 1. The Balaban J connectivity index is 1.68. The first-order valence-electron chi connectivity index (χ1n) is 6.31. The van der Waals surface area contributed by atoms with Gasteiger partial charge in [-0.3, -0.25) is 9.38 Å². The van der Waals surface area contributed by atoms with Gasteiger partial charge in [-0.15, -0.1) is 11.3 Å². The molecule has 4 aromatic rings. The minimum absolute atomic E-state index is 0.669. The van der Waals surface area contributed by atoms with E-state index in [1.54, 1.807) is 24.8 Å². The molecule has 0 amide bonds. The second-order valence-electron chi connectivity index (χ2n) is 4.34. The lowest BCUT2D eigenvalue weighted by molar-refractivity contribution is 1.11. The summed E-state index contributed by atoms with van der Waals surface area (Å²) >= 11 is 1.54. The normalized spacial score (nSPS) is 10.9. The maximum atomic E-state index is 4.59. The van der Waals surface area contributed by atoms with E-state index in [4.69, 9.17) is 0 Å². The average Bonchev–Trinajstić information content (AvgIpc) is 3.14. The molecule has 4 aromatic heterocycles. The van der Waals surface area contributed by atoms with Gasteiger partial charge >= 0.3 is 0 Å². The highest BCUT2D eigenvalue weighted by atomic mass is 32.1. The molecular formula is C14H10N6S. The van der Waals surface area contributed by atoms with Crippen LogP contribution in [0, 0.1) is 0 Å². The van der Waals surface area contributed by atoms with Crippen molar-refractivity contribution in [2.24, 2.45) is 0 Å². The summed E-state index contributed by atoms with van der Waals surface area (Å²) in [5.74, 6) is 0.669. The number of rotatable bonds is 3. The lowest BCUT2D eigenvalue weighted by Gasteiger charge is -2.00. The molecule has 0 bridgehead atoms. The molecule has 0 aliphatic heterocycles. The van der Waals surface area contributed by atoms with Crippen LogP contribution in [0.2, 0.25) is 0 Å². The van der Waals surface area contributed by atoms with Gasteiger partial charge in [0.05, 0.1) is 23.8 Å². The van der Waals surface area contributed by atoms with Gasteiger partial charge in [0.2, 0.25) is 5.78 Å². The third-order valence-corrected chi connectivity index (χ3v) is 3.73. The van der Waals surface area contributed by atoms with Crippen molar-refractivity contribution >= 4 is 27.9 Å². The SMILES string of the molecule is c1cncc(Nc2nc(-c3cnc4ncccn34)cs2)c1. The van der Waals surface area contributed by atoms with Crippen LogP contribution in [0.25, 0.3) is 17.2 Å². The van der Waals surface area contributed by atoms with E-state index >= 15 is 0 Å². The maximum absolute atomic E-state index is 4.59. The maximum Gasteiger partial charge on any atom is 0.234 e. The fourth-order valence-corrected chi connectivity index (χ4v) is 2.75. The van der Waals surface area contributed by atoms with Crippen molar-refractivity contribution in [2.75, 3.05) is 5.32 Å². The predicted octanol–water partition coefficient (Wildman–Crippen LogP) is 2.99. The summed E-state index contributed by atoms with van der Waals surface area (Å²) in [6.45, 7) is 0. The van der Waals surface area contributed by atoms with Crippen molar-refractivity contribution in [1.29, 1.82) is 0 Å². The molecule has 1 N–H and O–H groups in total. The second kappa shape index (κ2) is 4.95. The highest BCUT2D eigenvalue weighted by Gasteiger charge is 2.10. The number of anilines is 2. The lowest BCUT2D eigenvalue weighted by Crippen LogP contribution is -1.91. The van der Waals surface area contributed by atoms with Gasteiger partial charge in [-0.1, -0.05) is 0 Å². The number of hydrogen-bond acceptors (Lipinski definition) is 6. The van der Waals surface area contributed by atoms with Gasteiger partial charge in [-0.2, -0.15) is 0 Å². The number of imidazole rings is 1. The number of hydrogen-bond donors (Lipinski definition) is 1. The molecule has 0 aliphatic carbocycles. The Bertz CT molecular complexity index is 883. The van der Waals surface area contributed by atoms with Crippen molar-refractivity contribution in [3.8, 4) is 11.4 Å². The molecule has 0 spiro atoms. The minimum Gasteiger partial charge on any atom is -0.330 e. The van der Waals surface area contributed by atoms with E-state index in [1.165, 1.54) is 11.3 Å². The Morgan fingerprint density at radius 1 is 1.10 bits per heavy atom. The van der Waals surface area contributed by atoms with Crippen molar-refractivity contribution in [3.05, 3.63) is 54.6 Å². The summed E-state index contributed by atoms with van der Waals surface area (Å²) in [4.78, 5) is 17.1. The van der Waals surface area contributed by atoms with Crippen LogP contribution in [0.3, 0.4) is 0 Å². The summed E-state index contributed by atoms with van der Waals surface area (Å²) < 4.78 is 1.92. The van der Waals surface area contributed by atoms with E-state index in [2.05, 4.69) is 25.3 Å². The molecule has 0 aromatic carbocycles. The molecule has 6 nitrogen and oxygen atoms in total. The van der Waals surface area contributed by atoms with Crippen LogP contribution in [-0.2, 0) is 0 Å². The van der Waals surface area contributed by atoms with Gasteiger partial charge in [0.15, 0.2) is 5.13 Å². The molecular weight excluding hydrogens is 284 g/mol. The van der Waals surface area contributed by atoms with Crippen LogP contribution in [0.1, 0.15) is 0 Å². The van der Waals surface area contributed by atoms with Gasteiger partial charge < -0.3 is 5.32 Å². The summed E-state index contributed by atoms with van der Waals surface area (Å²) in [5, 5.41) is 6.05. The topological polar surface area (TPSA) is 68.0 Å². The Labute approximate surface area is 124 Å². The predicted molar refractivity (Wildman–Crippen MR) is 81.6 cm³/mol. The molecule has 0 atom stereocenters. The highest BCUT2D eigenvalue weighted by molar-refractivity contribution is 7.14. The standard InChI is InChI=1S/C14H10N6S/c1-3-10(7-15-4-1)18-14-19-11(9-21-14)12-8-17-13-16-5-2-6-20(12)13/h1-9H,(H,18,19). The Morgan fingerprint density at radius 3 is 3.00 bits per heavy atom. The van der Waals surface area contributed by atoms with E-state index in [9.17, 15) is 0 Å². The Morgan fingerprint density at radius 2 is 2.10 bits per heavy atom. The van der Waals surface area contributed by atoms with Crippen molar-refractivity contribution < 1.29 is 0 Å².